The molecule has 0 spiro atoms. The van der Waals surface area contributed by atoms with E-state index in [0.717, 1.165) is 6.04 Å². The van der Waals surface area contributed by atoms with E-state index in [-0.39, 0.29) is 0 Å². The van der Waals surface area contributed by atoms with E-state index in [1.165, 1.54) is 32.4 Å². The van der Waals surface area contributed by atoms with Crippen LogP contribution in [0.15, 0.2) is 0 Å². The minimum atomic E-state index is -4.67. The minimum Gasteiger partial charge on any atom is -0.301 e. The lowest BCUT2D eigenvalue weighted by Crippen LogP contribution is -2.29. The first-order valence-corrected chi connectivity index (χ1v) is 6.18. The summed E-state index contributed by atoms with van der Waals surface area (Å²) in [5.74, 6) is 0. The monoisotopic (exact) mass is 225 g/mol. The maximum Gasteiger partial charge on any atom is 0.394 e. The maximum absolute atomic E-state index is 8.74. The van der Waals surface area contributed by atoms with E-state index in [2.05, 4.69) is 18.7 Å². The minimum absolute atomic E-state index is 0.826. The Bertz CT molecular complexity index is 226. The van der Waals surface area contributed by atoms with Crippen LogP contribution in [0.4, 0.5) is 0 Å². The van der Waals surface area contributed by atoms with Gasteiger partial charge in [-0.3, -0.25) is 9.11 Å². The van der Waals surface area contributed by atoms with Gasteiger partial charge in [0.2, 0.25) is 0 Å². The van der Waals surface area contributed by atoms with Crippen molar-refractivity contribution in [1.82, 2.24) is 4.90 Å². The highest BCUT2D eigenvalue weighted by Crippen LogP contribution is 2.12. The second-order valence-electron chi connectivity index (χ2n) is 3.45. The fourth-order valence-electron chi connectivity index (χ4n) is 1.44. The molecule has 14 heavy (non-hydrogen) atoms. The van der Waals surface area contributed by atoms with E-state index in [1.807, 2.05) is 0 Å². The Morgan fingerprint density at radius 3 is 1.93 bits per heavy atom. The van der Waals surface area contributed by atoms with Crippen LogP contribution in [0.25, 0.3) is 0 Å². The highest BCUT2D eigenvalue weighted by atomic mass is 32.3. The molecule has 0 aromatic rings. The summed E-state index contributed by atoms with van der Waals surface area (Å²) in [5.41, 5.74) is 0. The fraction of sp³-hybridized carbons (Fsp3) is 1.00. The first kappa shape index (κ1) is 13.8. The summed E-state index contributed by atoms with van der Waals surface area (Å²) in [6.07, 6.45) is 4.15. The highest BCUT2D eigenvalue weighted by molar-refractivity contribution is 7.79. The predicted molar refractivity (Wildman–Crippen MR) is 54.7 cm³/mol. The maximum atomic E-state index is 8.74. The third-order valence-electron chi connectivity index (χ3n) is 2.35. The van der Waals surface area contributed by atoms with Crippen molar-refractivity contribution < 1.29 is 17.5 Å². The third-order valence-corrected chi connectivity index (χ3v) is 2.35. The summed E-state index contributed by atoms with van der Waals surface area (Å²) in [7, 11) is -4.67. The Morgan fingerprint density at radius 1 is 1.29 bits per heavy atom. The fourth-order valence-corrected chi connectivity index (χ4v) is 1.44. The molecule has 0 aromatic carbocycles. The molecule has 86 valence electrons. The zero-order valence-corrected chi connectivity index (χ0v) is 9.50. The highest BCUT2D eigenvalue weighted by Gasteiger charge is 2.15. The first-order chi connectivity index (χ1) is 6.34. The van der Waals surface area contributed by atoms with E-state index in [1.54, 1.807) is 0 Å². The van der Waals surface area contributed by atoms with Crippen molar-refractivity contribution in [1.29, 1.82) is 0 Å². The second-order valence-corrected chi connectivity index (χ2v) is 4.34. The summed E-state index contributed by atoms with van der Waals surface area (Å²) in [6, 6.07) is 0.826. The van der Waals surface area contributed by atoms with Gasteiger partial charge in [-0.1, -0.05) is 6.92 Å². The van der Waals surface area contributed by atoms with Crippen molar-refractivity contribution in [2.75, 3.05) is 13.1 Å². The predicted octanol–water partition coefficient (Wildman–Crippen LogP) is 1.23. The van der Waals surface area contributed by atoms with Crippen molar-refractivity contribution >= 4 is 10.4 Å². The van der Waals surface area contributed by atoms with E-state index >= 15 is 0 Å². The number of nitrogens with zero attached hydrogens (tertiary/aromatic N) is 1. The zero-order valence-electron chi connectivity index (χ0n) is 8.68. The van der Waals surface area contributed by atoms with Gasteiger partial charge in [0.25, 0.3) is 0 Å². The van der Waals surface area contributed by atoms with Crippen LogP contribution in [-0.2, 0) is 10.4 Å². The first-order valence-electron chi connectivity index (χ1n) is 4.78. The van der Waals surface area contributed by atoms with E-state index in [9.17, 15) is 0 Å². The molecule has 1 heterocycles. The smallest absolute Gasteiger partial charge is 0.301 e. The molecule has 0 amide bonds. The van der Waals surface area contributed by atoms with Crippen molar-refractivity contribution in [2.24, 2.45) is 0 Å². The van der Waals surface area contributed by atoms with Gasteiger partial charge in [-0.25, -0.2) is 0 Å². The molecular weight excluding hydrogens is 206 g/mol. The Morgan fingerprint density at radius 2 is 1.64 bits per heavy atom. The molecule has 0 aliphatic carbocycles. The molecule has 0 radical (unpaired) electrons. The number of rotatable bonds is 2. The summed E-state index contributed by atoms with van der Waals surface area (Å²) in [6.45, 7) is 7.28. The van der Waals surface area contributed by atoms with E-state index in [4.69, 9.17) is 17.5 Å². The Hall–Kier alpha value is -0.170. The molecule has 1 unspecified atom stereocenters. The summed E-state index contributed by atoms with van der Waals surface area (Å²) < 4.78 is 31.6. The molecular formula is C8H19NO4S. The van der Waals surface area contributed by atoms with Gasteiger partial charge in [-0.2, -0.15) is 8.42 Å². The third kappa shape index (κ3) is 8.43. The van der Waals surface area contributed by atoms with Crippen LogP contribution in [0.3, 0.4) is 0 Å². The SMILES string of the molecule is CCC(C)N1CCCC1.O=S(=O)(O)O. The van der Waals surface area contributed by atoms with E-state index in [0.29, 0.717) is 0 Å². The van der Waals surface area contributed by atoms with Gasteiger partial charge < -0.3 is 4.90 Å². The van der Waals surface area contributed by atoms with Gasteiger partial charge in [0.15, 0.2) is 0 Å². The zero-order chi connectivity index (χ0) is 11.2. The van der Waals surface area contributed by atoms with Crippen LogP contribution >= 0.6 is 0 Å². The van der Waals surface area contributed by atoms with Crippen molar-refractivity contribution in [3.05, 3.63) is 0 Å². The van der Waals surface area contributed by atoms with Crippen LogP contribution in [0.5, 0.6) is 0 Å². The molecule has 1 atom stereocenters. The summed E-state index contributed by atoms with van der Waals surface area (Å²) >= 11 is 0. The van der Waals surface area contributed by atoms with Crippen molar-refractivity contribution in [2.45, 2.75) is 39.2 Å². The molecule has 1 aliphatic rings. The Labute approximate surface area is 85.7 Å². The van der Waals surface area contributed by atoms with Gasteiger partial charge in [-0.15, -0.1) is 0 Å². The quantitative estimate of drug-likeness (QED) is 0.691. The molecule has 1 saturated heterocycles. The summed E-state index contributed by atoms with van der Waals surface area (Å²) in [5, 5.41) is 0. The van der Waals surface area contributed by atoms with Crippen LogP contribution in [0, 0.1) is 0 Å². The summed E-state index contributed by atoms with van der Waals surface area (Å²) in [4.78, 5) is 2.58. The Kier molecular flexibility index (Phi) is 6.26. The average Bonchev–Trinajstić information content (AvgIpc) is 2.51. The standard InChI is InChI=1S/C8H17N.H2O4S/c1-3-8(2)9-6-4-5-7-9;1-5(2,3)4/h8H,3-7H2,1-2H3;(H2,1,2,3,4). The molecule has 1 fully saturated rings. The Balaban J connectivity index is 0.000000292. The average molecular weight is 225 g/mol. The molecule has 6 heteroatoms. The molecule has 1 rings (SSSR count). The van der Waals surface area contributed by atoms with Gasteiger partial charge in [-0.05, 0) is 39.3 Å². The van der Waals surface area contributed by atoms with Crippen LogP contribution in [-0.4, -0.2) is 41.6 Å². The van der Waals surface area contributed by atoms with Gasteiger partial charge >= 0.3 is 10.4 Å². The van der Waals surface area contributed by atoms with Crippen molar-refractivity contribution in [3.63, 3.8) is 0 Å². The van der Waals surface area contributed by atoms with Gasteiger partial charge in [0.1, 0.15) is 0 Å². The van der Waals surface area contributed by atoms with E-state index < -0.39 is 10.4 Å². The molecule has 1 aliphatic heterocycles. The second kappa shape index (κ2) is 6.34. The molecule has 0 aromatic heterocycles. The van der Waals surface area contributed by atoms with Crippen molar-refractivity contribution in [3.8, 4) is 0 Å². The van der Waals surface area contributed by atoms with Gasteiger partial charge in [0.05, 0.1) is 0 Å². The van der Waals surface area contributed by atoms with Crippen LogP contribution in [0.2, 0.25) is 0 Å². The molecule has 0 saturated carbocycles. The normalized spacial score (nSPS) is 20.0. The lowest BCUT2D eigenvalue weighted by molar-refractivity contribution is 0.253. The van der Waals surface area contributed by atoms with Gasteiger partial charge in [0, 0.05) is 6.04 Å². The molecule has 0 bridgehead atoms. The lowest BCUT2D eigenvalue weighted by Gasteiger charge is -2.21. The number of hydrogen-bond acceptors (Lipinski definition) is 3. The number of hydrogen-bond donors (Lipinski definition) is 2. The van der Waals surface area contributed by atoms with Crippen LogP contribution < -0.4 is 0 Å². The topological polar surface area (TPSA) is 77.8 Å². The number of likely N-dealkylation sites (tertiary alicyclic amines) is 1. The van der Waals surface area contributed by atoms with Crippen LogP contribution in [0.1, 0.15) is 33.1 Å². The lowest BCUT2D eigenvalue weighted by atomic mass is 10.2. The largest absolute Gasteiger partial charge is 0.394 e. The molecule has 2 N–H and O–H groups in total. The molecule has 5 nitrogen and oxygen atoms in total.